The van der Waals surface area contributed by atoms with Crippen molar-refractivity contribution < 1.29 is 27.6 Å². The molecule has 1 saturated heterocycles. The van der Waals surface area contributed by atoms with Crippen molar-refractivity contribution in [1.29, 1.82) is 0 Å². The molecule has 1 N–H and O–H groups in total. The highest BCUT2D eigenvalue weighted by molar-refractivity contribution is 6.25. The molecule has 4 aliphatic carbocycles. The van der Waals surface area contributed by atoms with Gasteiger partial charge in [0, 0.05) is 0 Å². The van der Waals surface area contributed by atoms with Crippen LogP contribution in [0.15, 0.2) is 60.7 Å². The first-order valence-electron chi connectivity index (χ1n) is 10.9. The molecule has 7 rings (SSSR count). The van der Waals surface area contributed by atoms with E-state index in [9.17, 15) is 27.6 Å². The first-order chi connectivity index (χ1) is 15.8. The topological polar surface area (TPSA) is 66.5 Å². The van der Waals surface area contributed by atoms with E-state index in [1.165, 1.54) is 30.3 Å². The molecule has 5 aliphatic rings. The van der Waals surface area contributed by atoms with Crippen LogP contribution in [0.4, 0.5) is 24.5 Å². The van der Waals surface area contributed by atoms with Gasteiger partial charge in [0.25, 0.3) is 5.91 Å². The SMILES string of the molecule is O=C(Nc1ccccc1C(F)(F)F)c1ccccc1N1C(=O)[C@@H]2[C@@H]3C=C[C@H]([C@@H]4C[C@H]34)[C@@H]2C1=O. The number of rotatable bonds is 3. The van der Waals surface area contributed by atoms with Gasteiger partial charge in [-0.3, -0.25) is 14.4 Å². The van der Waals surface area contributed by atoms with Crippen molar-refractivity contribution in [2.75, 3.05) is 10.2 Å². The number of para-hydroxylation sites is 2. The minimum atomic E-state index is -4.65. The van der Waals surface area contributed by atoms with Crippen LogP contribution in [0.5, 0.6) is 0 Å². The predicted molar refractivity (Wildman–Crippen MR) is 113 cm³/mol. The van der Waals surface area contributed by atoms with E-state index in [1.54, 1.807) is 12.1 Å². The number of nitrogens with zero attached hydrogens (tertiary/aromatic N) is 1. The lowest BCUT2D eigenvalue weighted by atomic mass is 9.63. The molecular weight excluding hydrogens is 433 g/mol. The maximum atomic E-state index is 13.4. The minimum Gasteiger partial charge on any atom is -0.321 e. The Morgan fingerprint density at radius 2 is 1.45 bits per heavy atom. The zero-order valence-electron chi connectivity index (χ0n) is 17.3. The van der Waals surface area contributed by atoms with Gasteiger partial charge in [0.15, 0.2) is 0 Å². The van der Waals surface area contributed by atoms with E-state index in [0.717, 1.165) is 17.4 Å². The van der Waals surface area contributed by atoms with Crippen LogP contribution in [0.2, 0.25) is 0 Å². The molecule has 0 radical (unpaired) electrons. The van der Waals surface area contributed by atoms with Crippen molar-refractivity contribution >= 4 is 29.1 Å². The second-order valence-electron chi connectivity index (χ2n) is 9.18. The Labute approximate surface area is 187 Å². The summed E-state index contributed by atoms with van der Waals surface area (Å²) in [5.74, 6) is -1.39. The van der Waals surface area contributed by atoms with Crippen molar-refractivity contribution in [2.45, 2.75) is 12.6 Å². The number of imide groups is 1. The lowest BCUT2D eigenvalue weighted by molar-refractivity contribution is -0.137. The van der Waals surface area contributed by atoms with Crippen LogP contribution in [0, 0.1) is 35.5 Å². The summed E-state index contributed by atoms with van der Waals surface area (Å²) >= 11 is 0. The number of anilines is 2. The van der Waals surface area contributed by atoms with Gasteiger partial charge in [-0.15, -0.1) is 0 Å². The fraction of sp³-hybridized carbons (Fsp3) is 0.320. The average molecular weight is 452 g/mol. The second-order valence-corrected chi connectivity index (χ2v) is 9.18. The zero-order valence-corrected chi connectivity index (χ0v) is 17.3. The number of hydrogen-bond donors (Lipinski definition) is 1. The fourth-order valence-electron chi connectivity index (χ4n) is 6.08. The van der Waals surface area contributed by atoms with Crippen molar-refractivity contribution in [3.8, 4) is 0 Å². The lowest BCUT2D eigenvalue weighted by Gasteiger charge is -2.37. The number of hydrogen-bond acceptors (Lipinski definition) is 3. The summed E-state index contributed by atoms with van der Waals surface area (Å²) in [4.78, 5) is 41.0. The third kappa shape index (κ3) is 2.89. The Balaban J connectivity index is 1.34. The van der Waals surface area contributed by atoms with Crippen molar-refractivity contribution in [2.24, 2.45) is 35.5 Å². The van der Waals surface area contributed by atoms with Gasteiger partial charge in [-0.25, -0.2) is 4.90 Å². The van der Waals surface area contributed by atoms with Crippen LogP contribution in [-0.4, -0.2) is 17.7 Å². The lowest BCUT2D eigenvalue weighted by Crippen LogP contribution is -2.40. The highest BCUT2D eigenvalue weighted by atomic mass is 19.4. The molecule has 0 spiro atoms. The van der Waals surface area contributed by atoms with Gasteiger partial charge in [0.2, 0.25) is 11.8 Å². The van der Waals surface area contributed by atoms with E-state index >= 15 is 0 Å². The van der Waals surface area contributed by atoms with Crippen LogP contribution < -0.4 is 10.2 Å². The first-order valence-corrected chi connectivity index (χ1v) is 10.9. The number of allylic oxidation sites excluding steroid dienone is 2. The molecular formula is C25H19F3N2O3. The molecule has 1 heterocycles. The monoisotopic (exact) mass is 452 g/mol. The summed E-state index contributed by atoms with van der Waals surface area (Å²) in [5, 5.41) is 2.31. The van der Waals surface area contributed by atoms with Crippen molar-refractivity contribution in [3.05, 3.63) is 71.8 Å². The van der Waals surface area contributed by atoms with Gasteiger partial charge in [0.05, 0.1) is 34.3 Å². The number of alkyl halides is 3. The predicted octanol–water partition coefficient (Wildman–Crippen LogP) is 4.52. The van der Waals surface area contributed by atoms with Gasteiger partial charge >= 0.3 is 6.18 Å². The number of halogens is 3. The number of nitrogens with one attached hydrogen (secondary N) is 1. The maximum Gasteiger partial charge on any atom is 0.418 e. The van der Waals surface area contributed by atoms with E-state index in [4.69, 9.17) is 0 Å². The Morgan fingerprint density at radius 1 is 0.879 bits per heavy atom. The highest BCUT2D eigenvalue weighted by Crippen LogP contribution is 2.65. The van der Waals surface area contributed by atoms with Crippen LogP contribution in [0.3, 0.4) is 0 Å². The van der Waals surface area contributed by atoms with E-state index in [0.29, 0.717) is 11.8 Å². The molecule has 5 nitrogen and oxygen atoms in total. The van der Waals surface area contributed by atoms with Crippen LogP contribution in [-0.2, 0) is 15.8 Å². The summed E-state index contributed by atoms with van der Waals surface area (Å²) < 4.78 is 40.1. The molecule has 2 aromatic rings. The first kappa shape index (κ1) is 20.2. The van der Waals surface area contributed by atoms with Gasteiger partial charge < -0.3 is 5.32 Å². The number of benzene rings is 2. The molecule has 33 heavy (non-hydrogen) atoms. The van der Waals surface area contributed by atoms with Crippen molar-refractivity contribution in [3.63, 3.8) is 0 Å². The Hall–Kier alpha value is -3.42. The minimum absolute atomic E-state index is 0.0275. The molecule has 2 aromatic carbocycles. The summed E-state index contributed by atoms with van der Waals surface area (Å²) in [7, 11) is 0. The van der Waals surface area contributed by atoms with Gasteiger partial charge in [-0.05, 0) is 54.4 Å². The zero-order chi connectivity index (χ0) is 23.1. The maximum absolute atomic E-state index is 13.4. The average Bonchev–Trinajstić information content (AvgIpc) is 3.57. The van der Waals surface area contributed by atoms with E-state index in [2.05, 4.69) is 17.5 Å². The van der Waals surface area contributed by atoms with Crippen molar-refractivity contribution in [1.82, 2.24) is 0 Å². The summed E-state index contributed by atoms with van der Waals surface area (Å²) in [6.45, 7) is 0. The summed E-state index contributed by atoms with van der Waals surface area (Å²) in [6, 6.07) is 10.7. The number of amides is 3. The molecule has 1 aliphatic heterocycles. The Kier molecular flexibility index (Phi) is 4.16. The summed E-state index contributed by atoms with van der Waals surface area (Å²) in [5.41, 5.74) is -1.28. The molecule has 0 unspecified atom stereocenters. The molecule has 2 saturated carbocycles. The molecule has 2 bridgehead atoms. The normalized spacial score (nSPS) is 31.4. The van der Waals surface area contributed by atoms with Gasteiger partial charge in [-0.2, -0.15) is 13.2 Å². The number of carbonyl (C=O) groups is 3. The molecule has 8 heteroatoms. The molecule has 3 amide bonds. The Bertz CT molecular complexity index is 1200. The third-order valence-corrected chi connectivity index (χ3v) is 7.53. The van der Waals surface area contributed by atoms with Crippen LogP contribution in [0.25, 0.3) is 0 Å². The number of carbonyl (C=O) groups excluding carboxylic acids is 3. The van der Waals surface area contributed by atoms with Crippen LogP contribution >= 0.6 is 0 Å². The van der Waals surface area contributed by atoms with Gasteiger partial charge in [-0.1, -0.05) is 36.4 Å². The van der Waals surface area contributed by atoms with E-state index < -0.39 is 29.5 Å². The standard InChI is InChI=1S/C25H19F3N2O3/c26-25(27,28)17-6-2-3-7-18(17)29-22(31)14-5-1-4-8-19(14)30-23(32)20-12-9-10-13(16-11-15(12)16)21(20)24(30)33/h1-10,12-13,15-16,20-21H,11H2,(H,29,31)/t12-,13-,15-,16+,20-,21+/m1/s1. The largest absolute Gasteiger partial charge is 0.418 e. The smallest absolute Gasteiger partial charge is 0.321 e. The van der Waals surface area contributed by atoms with E-state index in [-0.39, 0.29) is 40.6 Å². The van der Waals surface area contributed by atoms with E-state index in [1.807, 2.05) is 0 Å². The third-order valence-electron chi connectivity index (χ3n) is 7.53. The molecule has 0 aromatic heterocycles. The quantitative estimate of drug-likeness (QED) is 0.550. The molecule has 6 atom stereocenters. The fourth-order valence-corrected chi connectivity index (χ4v) is 6.08. The van der Waals surface area contributed by atoms with Gasteiger partial charge in [0.1, 0.15) is 0 Å². The molecule has 168 valence electrons. The highest BCUT2D eigenvalue weighted by Gasteiger charge is 2.67. The Morgan fingerprint density at radius 3 is 2.09 bits per heavy atom. The second kappa shape index (κ2) is 6.79. The molecule has 3 fully saturated rings. The van der Waals surface area contributed by atoms with Crippen LogP contribution in [0.1, 0.15) is 22.3 Å². The summed E-state index contributed by atoms with van der Waals surface area (Å²) in [6.07, 6.45) is 0.503.